The number of aromatic nitrogens is 1. The van der Waals surface area contributed by atoms with Gasteiger partial charge in [0.25, 0.3) is 0 Å². The van der Waals surface area contributed by atoms with E-state index in [2.05, 4.69) is 34.1 Å². The molecule has 1 amide bonds. The van der Waals surface area contributed by atoms with Gasteiger partial charge in [0.2, 0.25) is 5.91 Å². The first-order valence-electron chi connectivity index (χ1n) is 10.8. The predicted molar refractivity (Wildman–Crippen MR) is 124 cm³/mol. The summed E-state index contributed by atoms with van der Waals surface area (Å²) in [6, 6.07) is 21.9. The van der Waals surface area contributed by atoms with Gasteiger partial charge in [0.05, 0.1) is 17.8 Å². The van der Waals surface area contributed by atoms with Gasteiger partial charge in [-0.05, 0) is 72.7 Å². The van der Waals surface area contributed by atoms with Gasteiger partial charge < -0.3 is 4.90 Å². The lowest BCUT2D eigenvalue weighted by atomic mass is 9.78. The van der Waals surface area contributed by atoms with Crippen LogP contribution in [0.1, 0.15) is 60.5 Å². The molecule has 0 radical (unpaired) electrons. The van der Waals surface area contributed by atoms with Crippen LogP contribution in [-0.2, 0) is 4.79 Å². The lowest BCUT2D eigenvalue weighted by Crippen LogP contribution is -2.45. The van der Waals surface area contributed by atoms with Crippen LogP contribution < -0.4 is 0 Å². The molecule has 2 heterocycles. The Morgan fingerprint density at radius 2 is 1.68 bits per heavy atom. The SMILES string of the molecule is O=C1CC[C@H](c2cccc(Cl)c2)C(c2ccc(Cl)cc2)N1C(c1ccccn1)C1CC1. The van der Waals surface area contributed by atoms with Crippen LogP contribution in [0.25, 0.3) is 0 Å². The summed E-state index contributed by atoms with van der Waals surface area (Å²) in [5.74, 6) is 0.801. The zero-order chi connectivity index (χ0) is 21.4. The van der Waals surface area contributed by atoms with E-state index in [1.165, 1.54) is 5.56 Å². The number of hydrogen-bond donors (Lipinski definition) is 0. The molecule has 3 aromatic rings. The van der Waals surface area contributed by atoms with Gasteiger partial charge in [0.1, 0.15) is 0 Å². The second-order valence-corrected chi connectivity index (χ2v) is 9.41. The number of carbonyl (C=O) groups excluding carboxylic acids is 1. The molecule has 1 aliphatic heterocycles. The highest BCUT2D eigenvalue weighted by Crippen LogP contribution is 2.52. The van der Waals surface area contributed by atoms with E-state index in [9.17, 15) is 4.79 Å². The molecule has 2 fully saturated rings. The first kappa shape index (κ1) is 20.5. The third kappa shape index (κ3) is 4.22. The molecule has 158 valence electrons. The summed E-state index contributed by atoms with van der Waals surface area (Å²) in [7, 11) is 0. The van der Waals surface area contributed by atoms with E-state index in [1.54, 1.807) is 0 Å². The summed E-state index contributed by atoms with van der Waals surface area (Å²) in [6.07, 6.45) is 5.39. The van der Waals surface area contributed by atoms with E-state index in [0.29, 0.717) is 17.4 Å². The lowest BCUT2D eigenvalue weighted by molar-refractivity contribution is -0.142. The van der Waals surface area contributed by atoms with Crippen molar-refractivity contribution in [2.45, 2.75) is 43.7 Å². The third-order valence-corrected chi connectivity index (χ3v) is 6.97. The van der Waals surface area contributed by atoms with Crippen molar-refractivity contribution in [1.29, 1.82) is 0 Å². The molecule has 0 N–H and O–H groups in total. The topological polar surface area (TPSA) is 33.2 Å². The number of nitrogens with zero attached hydrogens (tertiary/aromatic N) is 2. The standard InChI is InChI=1S/C26H24Cl2N2O/c27-20-11-9-17(10-12-20)25-22(19-4-3-5-21(28)16-19)13-14-24(31)30(25)26(18-7-8-18)23-6-1-2-15-29-23/h1-6,9-12,15-16,18,22,25-26H,7-8,13-14H2/t22-,25?,26?/m1/s1. The molecule has 3 atom stereocenters. The molecular weight excluding hydrogens is 427 g/mol. The third-order valence-electron chi connectivity index (χ3n) is 6.49. The van der Waals surface area contributed by atoms with Gasteiger partial charge in [-0.3, -0.25) is 9.78 Å². The zero-order valence-electron chi connectivity index (χ0n) is 17.1. The van der Waals surface area contributed by atoms with Crippen molar-refractivity contribution in [3.8, 4) is 0 Å². The molecule has 5 rings (SSSR count). The Morgan fingerprint density at radius 1 is 0.871 bits per heavy atom. The van der Waals surface area contributed by atoms with Crippen molar-refractivity contribution < 1.29 is 4.79 Å². The summed E-state index contributed by atoms with van der Waals surface area (Å²) in [6.45, 7) is 0. The van der Waals surface area contributed by atoms with Gasteiger partial charge in [-0.25, -0.2) is 0 Å². The highest BCUT2D eigenvalue weighted by Gasteiger charge is 2.47. The summed E-state index contributed by atoms with van der Waals surface area (Å²) < 4.78 is 0. The second-order valence-electron chi connectivity index (χ2n) is 8.53. The van der Waals surface area contributed by atoms with Crippen molar-refractivity contribution in [3.05, 3.63) is 99.8 Å². The Hall–Kier alpha value is -2.36. The average molecular weight is 451 g/mol. The van der Waals surface area contributed by atoms with Gasteiger partial charge in [-0.15, -0.1) is 0 Å². The van der Waals surface area contributed by atoms with Crippen LogP contribution in [0.15, 0.2) is 72.9 Å². The van der Waals surface area contributed by atoms with E-state index >= 15 is 0 Å². The maximum absolute atomic E-state index is 13.5. The molecule has 1 aliphatic carbocycles. The van der Waals surface area contributed by atoms with Crippen molar-refractivity contribution in [2.24, 2.45) is 5.92 Å². The number of rotatable bonds is 5. The highest BCUT2D eigenvalue weighted by molar-refractivity contribution is 6.30. The van der Waals surface area contributed by atoms with Crippen LogP contribution in [0.3, 0.4) is 0 Å². The van der Waals surface area contributed by atoms with Crippen LogP contribution in [-0.4, -0.2) is 15.8 Å². The summed E-state index contributed by atoms with van der Waals surface area (Å²) in [4.78, 5) is 20.3. The fraction of sp³-hybridized carbons (Fsp3) is 0.308. The molecule has 31 heavy (non-hydrogen) atoms. The number of benzene rings is 2. The van der Waals surface area contributed by atoms with Crippen LogP contribution in [0.4, 0.5) is 0 Å². The lowest BCUT2D eigenvalue weighted by Gasteiger charge is -2.46. The number of carbonyl (C=O) groups is 1. The van der Waals surface area contributed by atoms with Gasteiger partial charge in [-0.1, -0.05) is 53.5 Å². The zero-order valence-corrected chi connectivity index (χ0v) is 18.6. The first-order chi connectivity index (χ1) is 15.1. The van der Waals surface area contributed by atoms with E-state index < -0.39 is 0 Å². The number of piperidine rings is 1. The molecule has 2 aromatic carbocycles. The highest BCUT2D eigenvalue weighted by atomic mass is 35.5. The minimum absolute atomic E-state index is 0.0173. The summed E-state index contributed by atoms with van der Waals surface area (Å²) in [5, 5.41) is 1.42. The summed E-state index contributed by atoms with van der Waals surface area (Å²) >= 11 is 12.6. The first-order valence-corrected chi connectivity index (χ1v) is 11.6. The number of hydrogen-bond acceptors (Lipinski definition) is 2. The Morgan fingerprint density at radius 3 is 2.35 bits per heavy atom. The number of likely N-dealkylation sites (tertiary alicyclic amines) is 1. The minimum Gasteiger partial charge on any atom is -0.326 e. The van der Waals surface area contributed by atoms with E-state index in [1.807, 2.05) is 48.7 Å². The number of halogens is 2. The second kappa shape index (κ2) is 8.64. The molecule has 5 heteroatoms. The van der Waals surface area contributed by atoms with Gasteiger partial charge in [0, 0.05) is 28.6 Å². The predicted octanol–water partition coefficient (Wildman–Crippen LogP) is 6.99. The van der Waals surface area contributed by atoms with Crippen molar-refractivity contribution in [1.82, 2.24) is 9.88 Å². The molecular formula is C26H24Cl2N2O. The average Bonchev–Trinajstić information content (AvgIpc) is 3.62. The Labute approximate surface area is 193 Å². The molecule has 0 bridgehead atoms. The van der Waals surface area contributed by atoms with Gasteiger partial charge in [0.15, 0.2) is 0 Å². The minimum atomic E-state index is -0.0930. The molecule has 1 saturated carbocycles. The van der Waals surface area contributed by atoms with Crippen molar-refractivity contribution in [3.63, 3.8) is 0 Å². The van der Waals surface area contributed by atoms with Gasteiger partial charge >= 0.3 is 0 Å². The van der Waals surface area contributed by atoms with E-state index in [0.717, 1.165) is 35.5 Å². The van der Waals surface area contributed by atoms with E-state index in [-0.39, 0.29) is 23.9 Å². The smallest absolute Gasteiger partial charge is 0.223 e. The molecule has 2 aliphatic rings. The number of amides is 1. The Bertz CT molecular complexity index is 1070. The quantitative estimate of drug-likeness (QED) is 0.419. The molecule has 0 spiro atoms. The van der Waals surface area contributed by atoms with Crippen molar-refractivity contribution in [2.75, 3.05) is 0 Å². The van der Waals surface area contributed by atoms with Crippen LogP contribution >= 0.6 is 23.2 Å². The van der Waals surface area contributed by atoms with Crippen LogP contribution in [0.5, 0.6) is 0 Å². The monoisotopic (exact) mass is 450 g/mol. The molecule has 1 saturated heterocycles. The number of pyridine rings is 1. The molecule has 2 unspecified atom stereocenters. The molecule has 1 aromatic heterocycles. The van der Waals surface area contributed by atoms with Crippen LogP contribution in [0, 0.1) is 5.92 Å². The maximum atomic E-state index is 13.5. The van der Waals surface area contributed by atoms with Crippen molar-refractivity contribution >= 4 is 29.1 Å². The fourth-order valence-corrected chi connectivity index (χ4v) is 5.28. The largest absolute Gasteiger partial charge is 0.326 e. The van der Waals surface area contributed by atoms with Gasteiger partial charge in [-0.2, -0.15) is 0 Å². The molecule has 3 nitrogen and oxygen atoms in total. The van der Waals surface area contributed by atoms with Crippen LogP contribution in [0.2, 0.25) is 10.0 Å². The summed E-state index contributed by atoms with van der Waals surface area (Å²) in [5.41, 5.74) is 3.24. The normalized spacial score (nSPS) is 22.4. The fourth-order valence-electron chi connectivity index (χ4n) is 4.96. The maximum Gasteiger partial charge on any atom is 0.223 e. The Kier molecular flexibility index (Phi) is 5.73. The Balaban J connectivity index is 1.64. The van der Waals surface area contributed by atoms with E-state index in [4.69, 9.17) is 23.2 Å².